The summed E-state index contributed by atoms with van der Waals surface area (Å²) in [5, 5.41) is 9.53. The Balaban J connectivity index is 3.48. The number of carbonyl (C=O) groups excluding carboxylic acids is 2. The molecule has 1 atom stereocenters. The maximum Gasteiger partial charge on any atom is 0.306 e. The Labute approximate surface area is 274 Å². The van der Waals surface area contributed by atoms with Gasteiger partial charge in [-0.05, 0) is 12.8 Å². The average Bonchev–Trinajstić information content (AvgIpc) is 3.02. The van der Waals surface area contributed by atoms with Gasteiger partial charge in [0.15, 0.2) is 6.10 Å². The van der Waals surface area contributed by atoms with E-state index in [1.807, 2.05) is 0 Å². The Hall–Kier alpha value is -1.10. The normalized spacial score (nSPS) is 12.0. The van der Waals surface area contributed by atoms with Gasteiger partial charge in [0.1, 0.15) is 6.61 Å². The Kier molecular flexibility index (Phi) is 35.5. The summed E-state index contributed by atoms with van der Waals surface area (Å²) in [5.41, 5.74) is 0. The molecule has 0 spiro atoms. The van der Waals surface area contributed by atoms with Crippen molar-refractivity contribution in [3.63, 3.8) is 0 Å². The SMILES string of the molecule is CCCCCCCCCCCCCCCCCCCCC(=O)OC[C@H](CO)OC(=O)CCCCCCCCCCCCCC. The van der Waals surface area contributed by atoms with Crippen LogP contribution in [0, 0.1) is 0 Å². The summed E-state index contributed by atoms with van der Waals surface area (Å²) < 4.78 is 10.6. The van der Waals surface area contributed by atoms with Crippen LogP contribution in [0.25, 0.3) is 0 Å². The van der Waals surface area contributed by atoms with E-state index in [1.54, 1.807) is 0 Å². The molecule has 0 rings (SSSR count). The molecule has 0 aromatic rings. The van der Waals surface area contributed by atoms with Crippen molar-refractivity contribution in [3.8, 4) is 0 Å². The number of carbonyl (C=O) groups is 2. The Morgan fingerprint density at radius 3 is 1.00 bits per heavy atom. The van der Waals surface area contributed by atoms with Crippen molar-refractivity contribution in [3.05, 3.63) is 0 Å². The third-order valence-corrected chi connectivity index (χ3v) is 8.90. The molecule has 0 unspecified atom stereocenters. The van der Waals surface area contributed by atoms with E-state index in [4.69, 9.17) is 9.47 Å². The van der Waals surface area contributed by atoms with Crippen LogP contribution in [-0.2, 0) is 19.1 Å². The summed E-state index contributed by atoms with van der Waals surface area (Å²) in [5.74, 6) is -0.576. The third kappa shape index (κ3) is 33.8. The smallest absolute Gasteiger partial charge is 0.306 e. The number of rotatable bonds is 36. The molecule has 0 aliphatic rings. The highest BCUT2D eigenvalue weighted by Gasteiger charge is 2.16. The van der Waals surface area contributed by atoms with E-state index in [-0.39, 0.29) is 25.2 Å². The number of unbranched alkanes of at least 4 members (excludes halogenated alkanes) is 28. The molecule has 0 fully saturated rings. The Morgan fingerprint density at radius 1 is 0.432 bits per heavy atom. The largest absolute Gasteiger partial charge is 0.462 e. The lowest BCUT2D eigenvalue weighted by molar-refractivity contribution is -0.161. The average molecular weight is 625 g/mol. The lowest BCUT2D eigenvalue weighted by Crippen LogP contribution is -2.28. The van der Waals surface area contributed by atoms with Crippen molar-refractivity contribution in [1.82, 2.24) is 0 Å². The topological polar surface area (TPSA) is 72.8 Å². The molecule has 0 aliphatic carbocycles. The lowest BCUT2D eigenvalue weighted by Gasteiger charge is -2.15. The van der Waals surface area contributed by atoms with Crippen LogP contribution in [0.2, 0.25) is 0 Å². The molecule has 0 saturated heterocycles. The summed E-state index contributed by atoms with van der Waals surface area (Å²) in [6.07, 6.45) is 38.8. The second kappa shape index (κ2) is 36.4. The van der Waals surface area contributed by atoms with Crippen LogP contribution in [0.5, 0.6) is 0 Å². The first-order valence-corrected chi connectivity index (χ1v) is 19.6. The lowest BCUT2D eigenvalue weighted by atomic mass is 10.0. The van der Waals surface area contributed by atoms with E-state index in [1.165, 1.54) is 161 Å². The summed E-state index contributed by atoms with van der Waals surface area (Å²) >= 11 is 0. The highest BCUT2D eigenvalue weighted by atomic mass is 16.6. The molecule has 0 radical (unpaired) electrons. The minimum atomic E-state index is -0.760. The van der Waals surface area contributed by atoms with Crippen molar-refractivity contribution >= 4 is 11.9 Å². The van der Waals surface area contributed by atoms with Gasteiger partial charge in [-0.15, -0.1) is 0 Å². The van der Waals surface area contributed by atoms with Gasteiger partial charge in [-0.2, -0.15) is 0 Å². The Bertz CT molecular complexity index is 593. The van der Waals surface area contributed by atoms with Crippen molar-refractivity contribution < 1.29 is 24.2 Å². The summed E-state index contributed by atoms with van der Waals surface area (Å²) in [6, 6.07) is 0. The summed E-state index contributed by atoms with van der Waals surface area (Å²) in [7, 11) is 0. The molecule has 0 aliphatic heterocycles. The molecule has 0 amide bonds. The number of aliphatic hydroxyl groups excluding tert-OH is 1. The maximum atomic E-state index is 12.1. The molecule has 0 aromatic carbocycles. The molecular weight excluding hydrogens is 548 g/mol. The van der Waals surface area contributed by atoms with E-state index in [9.17, 15) is 14.7 Å². The quantitative estimate of drug-likeness (QED) is 0.0554. The minimum absolute atomic E-state index is 0.0570. The van der Waals surface area contributed by atoms with Gasteiger partial charge in [-0.1, -0.05) is 194 Å². The number of aliphatic hydroxyl groups is 1. The van der Waals surface area contributed by atoms with Gasteiger partial charge in [0, 0.05) is 12.8 Å². The molecule has 262 valence electrons. The first kappa shape index (κ1) is 42.9. The van der Waals surface area contributed by atoms with Crippen LogP contribution < -0.4 is 0 Å². The molecule has 44 heavy (non-hydrogen) atoms. The van der Waals surface area contributed by atoms with Gasteiger partial charge in [-0.25, -0.2) is 0 Å². The summed E-state index contributed by atoms with van der Waals surface area (Å²) in [4.78, 5) is 24.2. The number of ether oxygens (including phenoxy) is 2. The zero-order chi connectivity index (χ0) is 32.2. The predicted octanol–water partition coefficient (Wildman–Crippen LogP) is 12.0. The van der Waals surface area contributed by atoms with E-state index >= 15 is 0 Å². The van der Waals surface area contributed by atoms with Crippen LogP contribution in [0.4, 0.5) is 0 Å². The monoisotopic (exact) mass is 625 g/mol. The van der Waals surface area contributed by atoms with Crippen LogP contribution in [0.15, 0.2) is 0 Å². The van der Waals surface area contributed by atoms with Crippen molar-refractivity contribution in [2.24, 2.45) is 0 Å². The second-order valence-corrected chi connectivity index (χ2v) is 13.4. The van der Waals surface area contributed by atoms with E-state index in [0.717, 1.165) is 32.1 Å². The number of esters is 2. The zero-order valence-corrected chi connectivity index (χ0v) is 29.7. The molecule has 5 nitrogen and oxygen atoms in total. The number of hydrogen-bond acceptors (Lipinski definition) is 5. The molecule has 5 heteroatoms. The zero-order valence-electron chi connectivity index (χ0n) is 29.7. The fourth-order valence-electron chi connectivity index (χ4n) is 5.91. The van der Waals surface area contributed by atoms with E-state index in [2.05, 4.69) is 13.8 Å². The van der Waals surface area contributed by atoms with Gasteiger partial charge in [-0.3, -0.25) is 9.59 Å². The fraction of sp³-hybridized carbons (Fsp3) is 0.949. The molecule has 0 aromatic heterocycles. The van der Waals surface area contributed by atoms with Crippen molar-refractivity contribution in [1.29, 1.82) is 0 Å². The first-order valence-electron chi connectivity index (χ1n) is 19.6. The third-order valence-electron chi connectivity index (χ3n) is 8.90. The summed E-state index contributed by atoms with van der Waals surface area (Å²) in [6.45, 7) is 4.16. The van der Waals surface area contributed by atoms with Gasteiger partial charge >= 0.3 is 11.9 Å². The van der Waals surface area contributed by atoms with Crippen LogP contribution >= 0.6 is 0 Å². The highest BCUT2D eigenvalue weighted by Crippen LogP contribution is 2.16. The van der Waals surface area contributed by atoms with Crippen molar-refractivity contribution in [2.75, 3.05) is 13.2 Å². The standard InChI is InChI=1S/C39H76O5/c1-3-5-7-9-11-13-15-17-18-19-20-21-22-24-25-27-29-31-33-38(41)43-36-37(35-40)44-39(42)34-32-30-28-26-23-16-14-12-10-8-6-4-2/h37,40H,3-36H2,1-2H3/t37-/m0/s1. The van der Waals surface area contributed by atoms with E-state index in [0.29, 0.717) is 12.8 Å². The number of hydrogen-bond donors (Lipinski definition) is 1. The van der Waals surface area contributed by atoms with Gasteiger partial charge in [0.25, 0.3) is 0 Å². The van der Waals surface area contributed by atoms with Crippen LogP contribution in [0.1, 0.15) is 219 Å². The van der Waals surface area contributed by atoms with E-state index < -0.39 is 6.10 Å². The predicted molar refractivity (Wildman–Crippen MR) is 187 cm³/mol. The highest BCUT2D eigenvalue weighted by molar-refractivity contribution is 5.70. The molecule has 0 saturated carbocycles. The van der Waals surface area contributed by atoms with Gasteiger partial charge in [0.2, 0.25) is 0 Å². The first-order chi connectivity index (χ1) is 21.6. The molecular formula is C39H76O5. The van der Waals surface area contributed by atoms with Crippen LogP contribution in [0.3, 0.4) is 0 Å². The Morgan fingerprint density at radius 2 is 0.705 bits per heavy atom. The van der Waals surface area contributed by atoms with Gasteiger partial charge < -0.3 is 14.6 Å². The van der Waals surface area contributed by atoms with Gasteiger partial charge in [0.05, 0.1) is 6.61 Å². The minimum Gasteiger partial charge on any atom is -0.462 e. The molecule has 0 bridgehead atoms. The molecule has 1 N–H and O–H groups in total. The second-order valence-electron chi connectivity index (χ2n) is 13.4. The maximum absolute atomic E-state index is 12.1. The van der Waals surface area contributed by atoms with Crippen molar-refractivity contribution in [2.45, 2.75) is 225 Å². The fourth-order valence-corrected chi connectivity index (χ4v) is 5.91. The molecule has 0 heterocycles. The van der Waals surface area contributed by atoms with Crippen LogP contribution in [-0.4, -0.2) is 36.4 Å².